The predicted octanol–water partition coefficient (Wildman–Crippen LogP) is 5.46. The van der Waals surface area contributed by atoms with Gasteiger partial charge in [0.2, 0.25) is 0 Å². The van der Waals surface area contributed by atoms with Crippen LogP contribution in [0.2, 0.25) is 0 Å². The van der Waals surface area contributed by atoms with E-state index in [0.717, 1.165) is 47.2 Å². The van der Waals surface area contributed by atoms with Crippen LogP contribution in [0, 0.1) is 0 Å². The summed E-state index contributed by atoms with van der Waals surface area (Å²) in [4.78, 5) is 26.4. The zero-order valence-electron chi connectivity index (χ0n) is 17.9. The molecule has 1 aliphatic carbocycles. The molecular formula is C28H26N2O2. The molecule has 1 aliphatic rings. The minimum Gasteiger partial charge on any atom is -0.347 e. The van der Waals surface area contributed by atoms with Crippen LogP contribution in [0.3, 0.4) is 0 Å². The molecule has 160 valence electrons. The summed E-state index contributed by atoms with van der Waals surface area (Å²) >= 11 is 0. The molecule has 1 saturated carbocycles. The number of nitrogens with one attached hydrogen (secondary N) is 2. The van der Waals surface area contributed by atoms with Gasteiger partial charge in [0.25, 0.3) is 11.8 Å². The second-order valence-electron chi connectivity index (χ2n) is 8.50. The molecule has 0 aliphatic heterocycles. The summed E-state index contributed by atoms with van der Waals surface area (Å²) in [5.41, 5.74) is 1.35. The smallest absolute Gasteiger partial charge is 0.252 e. The van der Waals surface area contributed by atoms with E-state index in [1.54, 1.807) is 0 Å². The minimum absolute atomic E-state index is 0.0851. The second-order valence-corrected chi connectivity index (χ2v) is 8.50. The number of hydrogen-bond acceptors (Lipinski definition) is 2. The summed E-state index contributed by atoms with van der Waals surface area (Å²) in [6.07, 6.45) is 3.80. The van der Waals surface area contributed by atoms with Crippen LogP contribution in [0.25, 0.3) is 21.5 Å². The molecule has 0 heterocycles. The first-order valence-electron chi connectivity index (χ1n) is 11.3. The molecule has 32 heavy (non-hydrogen) atoms. The number of benzene rings is 4. The summed E-state index contributed by atoms with van der Waals surface area (Å²) < 4.78 is 0. The topological polar surface area (TPSA) is 58.2 Å². The van der Waals surface area contributed by atoms with Gasteiger partial charge in [-0.15, -0.1) is 0 Å². The van der Waals surface area contributed by atoms with Crippen LogP contribution in [-0.4, -0.2) is 23.9 Å². The highest BCUT2D eigenvalue weighted by molar-refractivity contribution is 6.08. The van der Waals surface area contributed by atoms with Gasteiger partial charge in [-0.1, -0.05) is 85.6 Å². The maximum absolute atomic E-state index is 13.2. The van der Waals surface area contributed by atoms with Crippen LogP contribution in [0.1, 0.15) is 46.4 Å². The van der Waals surface area contributed by atoms with E-state index in [0.29, 0.717) is 11.1 Å². The highest BCUT2D eigenvalue weighted by Gasteiger charge is 2.29. The molecule has 2 atom stereocenters. The fourth-order valence-electron chi connectivity index (χ4n) is 4.82. The van der Waals surface area contributed by atoms with Gasteiger partial charge in [0.15, 0.2) is 0 Å². The summed E-state index contributed by atoms with van der Waals surface area (Å²) in [7, 11) is 0. The molecule has 2 amide bonds. The van der Waals surface area contributed by atoms with Gasteiger partial charge in [0, 0.05) is 23.2 Å². The Morgan fingerprint density at radius 3 is 1.44 bits per heavy atom. The van der Waals surface area contributed by atoms with Crippen LogP contribution in [0.5, 0.6) is 0 Å². The molecule has 4 heteroatoms. The van der Waals surface area contributed by atoms with Crippen LogP contribution in [0.15, 0.2) is 84.9 Å². The second kappa shape index (κ2) is 8.83. The SMILES string of the molecule is O=C(N[C@H]1CCCC[C@@H]1NC(=O)c1cccc2ccccc12)c1cccc2ccccc12. The average molecular weight is 423 g/mol. The van der Waals surface area contributed by atoms with Crippen molar-refractivity contribution in [3.05, 3.63) is 96.1 Å². The van der Waals surface area contributed by atoms with E-state index in [1.165, 1.54) is 0 Å². The normalized spacial score (nSPS) is 18.4. The molecule has 0 bridgehead atoms. The lowest BCUT2D eigenvalue weighted by atomic mass is 9.89. The first kappa shape index (κ1) is 20.3. The molecule has 4 aromatic carbocycles. The van der Waals surface area contributed by atoms with Crippen molar-refractivity contribution in [2.75, 3.05) is 0 Å². The number of carbonyl (C=O) groups excluding carboxylic acids is 2. The molecule has 2 N–H and O–H groups in total. The van der Waals surface area contributed by atoms with Gasteiger partial charge in [0.1, 0.15) is 0 Å². The Hall–Kier alpha value is -3.66. The van der Waals surface area contributed by atoms with Gasteiger partial charge in [0.05, 0.1) is 0 Å². The minimum atomic E-state index is -0.0888. The number of amides is 2. The highest BCUT2D eigenvalue weighted by atomic mass is 16.2. The summed E-state index contributed by atoms with van der Waals surface area (Å²) in [6.45, 7) is 0. The predicted molar refractivity (Wildman–Crippen MR) is 129 cm³/mol. The Morgan fingerprint density at radius 1 is 0.562 bits per heavy atom. The summed E-state index contributed by atoms with van der Waals surface area (Å²) in [5.74, 6) is -0.170. The van der Waals surface area contributed by atoms with Crippen molar-refractivity contribution in [1.82, 2.24) is 10.6 Å². The Bertz CT molecular complexity index is 1190. The highest BCUT2D eigenvalue weighted by Crippen LogP contribution is 2.23. The largest absolute Gasteiger partial charge is 0.347 e. The van der Waals surface area contributed by atoms with Gasteiger partial charge in [-0.3, -0.25) is 9.59 Å². The lowest BCUT2D eigenvalue weighted by Crippen LogP contribution is -2.53. The van der Waals surface area contributed by atoms with E-state index >= 15 is 0 Å². The van der Waals surface area contributed by atoms with E-state index in [9.17, 15) is 9.59 Å². The van der Waals surface area contributed by atoms with E-state index in [2.05, 4.69) is 10.6 Å². The molecule has 0 radical (unpaired) electrons. The zero-order valence-corrected chi connectivity index (χ0v) is 17.9. The van der Waals surface area contributed by atoms with Gasteiger partial charge in [-0.2, -0.15) is 0 Å². The third-order valence-electron chi connectivity index (χ3n) is 6.47. The molecule has 4 nitrogen and oxygen atoms in total. The lowest BCUT2D eigenvalue weighted by Gasteiger charge is -2.33. The van der Waals surface area contributed by atoms with E-state index in [-0.39, 0.29) is 23.9 Å². The van der Waals surface area contributed by atoms with Gasteiger partial charge >= 0.3 is 0 Å². The lowest BCUT2D eigenvalue weighted by molar-refractivity contribution is 0.0864. The van der Waals surface area contributed by atoms with Gasteiger partial charge in [-0.05, 0) is 46.5 Å². The molecule has 0 unspecified atom stereocenters. The number of rotatable bonds is 4. The standard InChI is InChI=1S/C28H26N2O2/c31-27(23-15-7-11-19-9-1-3-13-21(19)23)29-25-17-5-6-18-26(25)30-28(32)24-16-8-12-20-10-2-4-14-22(20)24/h1-4,7-16,25-26H,5-6,17-18H2,(H,29,31)(H,30,32)/t25-,26-/m0/s1. The van der Waals surface area contributed by atoms with Crippen molar-refractivity contribution in [2.45, 2.75) is 37.8 Å². The quantitative estimate of drug-likeness (QED) is 0.459. The van der Waals surface area contributed by atoms with E-state index < -0.39 is 0 Å². The Balaban J connectivity index is 1.36. The van der Waals surface area contributed by atoms with E-state index in [1.807, 2.05) is 84.9 Å². The summed E-state index contributed by atoms with van der Waals surface area (Å²) in [5, 5.41) is 10.4. The Labute approximate surface area is 187 Å². The maximum atomic E-state index is 13.2. The van der Waals surface area contributed by atoms with Gasteiger partial charge in [-0.25, -0.2) is 0 Å². The average Bonchev–Trinajstić information content (AvgIpc) is 2.84. The number of hydrogen-bond donors (Lipinski definition) is 2. The van der Waals surface area contributed by atoms with Crippen molar-refractivity contribution in [3.8, 4) is 0 Å². The maximum Gasteiger partial charge on any atom is 0.252 e. The third kappa shape index (κ3) is 3.96. The fraction of sp³-hybridized carbons (Fsp3) is 0.214. The molecule has 0 aromatic heterocycles. The van der Waals surface area contributed by atoms with Crippen molar-refractivity contribution >= 4 is 33.4 Å². The number of fused-ring (bicyclic) bond motifs is 2. The molecule has 1 fully saturated rings. The van der Waals surface area contributed by atoms with Crippen LogP contribution in [-0.2, 0) is 0 Å². The first-order chi connectivity index (χ1) is 15.7. The molecule has 4 aromatic rings. The van der Waals surface area contributed by atoms with Gasteiger partial charge < -0.3 is 10.6 Å². The van der Waals surface area contributed by atoms with Crippen molar-refractivity contribution in [2.24, 2.45) is 0 Å². The fourth-order valence-corrected chi connectivity index (χ4v) is 4.82. The van der Waals surface area contributed by atoms with Crippen LogP contribution < -0.4 is 10.6 Å². The van der Waals surface area contributed by atoms with Crippen molar-refractivity contribution in [3.63, 3.8) is 0 Å². The molecular weight excluding hydrogens is 396 g/mol. The monoisotopic (exact) mass is 422 g/mol. The first-order valence-corrected chi connectivity index (χ1v) is 11.3. The van der Waals surface area contributed by atoms with Crippen molar-refractivity contribution in [1.29, 1.82) is 0 Å². The zero-order chi connectivity index (χ0) is 21.9. The van der Waals surface area contributed by atoms with Crippen molar-refractivity contribution < 1.29 is 9.59 Å². The van der Waals surface area contributed by atoms with Crippen LogP contribution in [0.4, 0.5) is 0 Å². The molecule has 0 saturated heterocycles. The number of carbonyl (C=O) groups is 2. The molecule has 5 rings (SSSR count). The summed E-state index contributed by atoms with van der Waals surface area (Å²) in [6, 6.07) is 27.2. The molecule has 0 spiro atoms. The Kier molecular flexibility index (Phi) is 5.59. The van der Waals surface area contributed by atoms with E-state index in [4.69, 9.17) is 0 Å². The Morgan fingerprint density at radius 2 is 0.969 bits per heavy atom. The van der Waals surface area contributed by atoms with Crippen LogP contribution >= 0.6 is 0 Å². The third-order valence-corrected chi connectivity index (χ3v) is 6.47.